The molecule has 26 heavy (non-hydrogen) atoms. The lowest BCUT2D eigenvalue weighted by Crippen LogP contribution is -2.40. The summed E-state index contributed by atoms with van der Waals surface area (Å²) in [5.74, 6) is -0.500. The van der Waals surface area contributed by atoms with E-state index < -0.39 is 0 Å². The molecule has 4 rings (SSSR count). The van der Waals surface area contributed by atoms with E-state index in [0.717, 1.165) is 30.1 Å². The topological polar surface area (TPSA) is 73.9 Å². The number of aromatic amines is 1. The monoisotopic (exact) mass is 371 g/mol. The number of amides is 1. The standard InChI is InChI=1S/C18H18FN5OS/c19-13-5-3-12(4-6-13)15-10-16(23-22-15)17(25)21-11-14-2-1-8-24(14)18-20-7-9-26-18/h3-7,9-10,14H,1-2,8,11H2,(H,21,25)(H,22,23). The Kier molecular flexibility index (Phi) is 4.66. The average molecular weight is 371 g/mol. The van der Waals surface area contributed by atoms with E-state index in [9.17, 15) is 9.18 Å². The predicted molar refractivity (Wildman–Crippen MR) is 98.8 cm³/mol. The van der Waals surface area contributed by atoms with Crippen molar-refractivity contribution in [3.63, 3.8) is 0 Å². The van der Waals surface area contributed by atoms with Crippen molar-refractivity contribution in [1.82, 2.24) is 20.5 Å². The second kappa shape index (κ2) is 7.25. The lowest BCUT2D eigenvalue weighted by molar-refractivity contribution is 0.0946. The molecular weight excluding hydrogens is 353 g/mol. The van der Waals surface area contributed by atoms with Crippen molar-refractivity contribution >= 4 is 22.4 Å². The maximum absolute atomic E-state index is 13.0. The van der Waals surface area contributed by atoms with Gasteiger partial charge in [-0.3, -0.25) is 9.89 Å². The van der Waals surface area contributed by atoms with Crippen LogP contribution in [0.2, 0.25) is 0 Å². The van der Waals surface area contributed by atoms with Gasteiger partial charge in [-0.05, 0) is 43.2 Å². The summed E-state index contributed by atoms with van der Waals surface area (Å²) >= 11 is 1.62. The SMILES string of the molecule is O=C(NCC1CCCN1c1nccs1)c1cc(-c2ccc(F)cc2)n[nH]1. The van der Waals surface area contributed by atoms with Gasteiger partial charge in [-0.15, -0.1) is 11.3 Å². The van der Waals surface area contributed by atoms with Crippen LogP contribution in [0.15, 0.2) is 41.9 Å². The molecular formula is C18H18FN5OS. The van der Waals surface area contributed by atoms with Crippen LogP contribution in [0.3, 0.4) is 0 Å². The molecule has 0 bridgehead atoms. The zero-order chi connectivity index (χ0) is 17.9. The quantitative estimate of drug-likeness (QED) is 0.723. The highest BCUT2D eigenvalue weighted by atomic mass is 32.1. The lowest BCUT2D eigenvalue weighted by Gasteiger charge is -2.24. The molecule has 1 unspecified atom stereocenters. The molecule has 1 aliphatic rings. The Morgan fingerprint density at radius 1 is 1.38 bits per heavy atom. The van der Waals surface area contributed by atoms with Crippen LogP contribution in [0.1, 0.15) is 23.3 Å². The second-order valence-corrected chi connectivity index (χ2v) is 7.06. The zero-order valence-corrected chi connectivity index (χ0v) is 14.8. The van der Waals surface area contributed by atoms with Crippen molar-refractivity contribution in [3.8, 4) is 11.3 Å². The van der Waals surface area contributed by atoms with Crippen molar-refractivity contribution in [3.05, 3.63) is 53.4 Å². The minimum absolute atomic E-state index is 0.197. The van der Waals surface area contributed by atoms with Crippen molar-refractivity contribution in [2.75, 3.05) is 18.0 Å². The summed E-state index contributed by atoms with van der Waals surface area (Å²) in [5.41, 5.74) is 1.76. The van der Waals surface area contributed by atoms with Gasteiger partial charge in [-0.1, -0.05) is 0 Å². The Labute approximate surface area is 154 Å². The molecule has 8 heteroatoms. The molecule has 2 N–H and O–H groups in total. The number of thiazole rings is 1. The van der Waals surface area contributed by atoms with E-state index in [1.807, 2.05) is 5.38 Å². The third-order valence-corrected chi connectivity index (χ3v) is 5.31. The molecule has 1 amide bonds. The average Bonchev–Trinajstić information content (AvgIpc) is 3.40. The van der Waals surface area contributed by atoms with Crippen molar-refractivity contribution in [2.45, 2.75) is 18.9 Å². The van der Waals surface area contributed by atoms with Gasteiger partial charge >= 0.3 is 0 Å². The second-order valence-electron chi connectivity index (χ2n) is 6.19. The smallest absolute Gasteiger partial charge is 0.269 e. The van der Waals surface area contributed by atoms with Crippen LogP contribution >= 0.6 is 11.3 Å². The third-order valence-electron chi connectivity index (χ3n) is 4.50. The maximum Gasteiger partial charge on any atom is 0.269 e. The molecule has 0 saturated carbocycles. The van der Waals surface area contributed by atoms with Gasteiger partial charge in [0.2, 0.25) is 0 Å². The fraction of sp³-hybridized carbons (Fsp3) is 0.278. The van der Waals surface area contributed by atoms with E-state index in [4.69, 9.17) is 0 Å². The van der Waals surface area contributed by atoms with Crippen LogP contribution in [0.25, 0.3) is 11.3 Å². The summed E-state index contributed by atoms with van der Waals surface area (Å²) in [7, 11) is 0. The summed E-state index contributed by atoms with van der Waals surface area (Å²) < 4.78 is 13.0. The lowest BCUT2D eigenvalue weighted by atomic mass is 10.1. The minimum Gasteiger partial charge on any atom is -0.349 e. The molecule has 1 aromatic carbocycles. The number of benzene rings is 1. The van der Waals surface area contributed by atoms with E-state index in [2.05, 4.69) is 25.4 Å². The highest BCUT2D eigenvalue weighted by Gasteiger charge is 2.26. The molecule has 134 valence electrons. The van der Waals surface area contributed by atoms with E-state index in [-0.39, 0.29) is 17.8 Å². The predicted octanol–water partition coefficient (Wildman–Crippen LogP) is 3.07. The summed E-state index contributed by atoms with van der Waals surface area (Å²) in [6, 6.07) is 7.95. The van der Waals surface area contributed by atoms with Gasteiger partial charge in [0.05, 0.1) is 5.69 Å². The number of hydrogen-bond acceptors (Lipinski definition) is 5. The van der Waals surface area contributed by atoms with Crippen LogP contribution in [-0.2, 0) is 0 Å². The third kappa shape index (κ3) is 3.45. The summed E-state index contributed by atoms with van der Waals surface area (Å²) in [4.78, 5) is 19.0. The van der Waals surface area contributed by atoms with Crippen LogP contribution < -0.4 is 10.2 Å². The van der Waals surface area contributed by atoms with Gasteiger partial charge in [0.1, 0.15) is 11.5 Å². The Morgan fingerprint density at radius 2 is 2.23 bits per heavy atom. The molecule has 3 aromatic rings. The number of anilines is 1. The number of carbonyl (C=O) groups is 1. The van der Waals surface area contributed by atoms with E-state index in [0.29, 0.717) is 17.9 Å². The first-order chi connectivity index (χ1) is 12.7. The van der Waals surface area contributed by atoms with Gasteiger partial charge in [-0.2, -0.15) is 5.10 Å². The number of carbonyl (C=O) groups excluding carboxylic acids is 1. The minimum atomic E-state index is -0.302. The number of halogens is 1. The van der Waals surface area contributed by atoms with Crippen molar-refractivity contribution < 1.29 is 9.18 Å². The number of nitrogens with one attached hydrogen (secondary N) is 2. The first-order valence-electron chi connectivity index (χ1n) is 8.46. The molecule has 0 aliphatic carbocycles. The number of nitrogens with zero attached hydrogens (tertiary/aromatic N) is 3. The van der Waals surface area contributed by atoms with Crippen LogP contribution in [0, 0.1) is 5.82 Å². The van der Waals surface area contributed by atoms with Gasteiger partial charge in [0.15, 0.2) is 5.13 Å². The number of H-pyrrole nitrogens is 1. The van der Waals surface area contributed by atoms with E-state index >= 15 is 0 Å². The normalized spacial score (nSPS) is 16.8. The first kappa shape index (κ1) is 16.7. The molecule has 1 atom stereocenters. The fourth-order valence-electron chi connectivity index (χ4n) is 3.17. The van der Waals surface area contributed by atoms with Crippen LogP contribution in [0.5, 0.6) is 0 Å². The van der Waals surface area contributed by atoms with Crippen molar-refractivity contribution in [2.24, 2.45) is 0 Å². The van der Waals surface area contributed by atoms with Gasteiger partial charge < -0.3 is 10.2 Å². The number of aromatic nitrogens is 3. The highest BCUT2D eigenvalue weighted by molar-refractivity contribution is 7.13. The number of rotatable bonds is 5. The molecule has 3 heterocycles. The highest BCUT2D eigenvalue weighted by Crippen LogP contribution is 2.26. The molecule has 0 spiro atoms. The molecule has 6 nitrogen and oxygen atoms in total. The molecule has 2 aromatic heterocycles. The van der Waals surface area contributed by atoms with E-state index in [1.54, 1.807) is 35.7 Å². The number of hydrogen-bond donors (Lipinski definition) is 2. The summed E-state index contributed by atoms with van der Waals surface area (Å²) in [6.07, 6.45) is 3.93. The Morgan fingerprint density at radius 3 is 3.00 bits per heavy atom. The zero-order valence-electron chi connectivity index (χ0n) is 14.0. The Balaban J connectivity index is 1.39. The largest absolute Gasteiger partial charge is 0.349 e. The molecule has 1 aliphatic heterocycles. The van der Waals surface area contributed by atoms with Crippen LogP contribution in [-0.4, -0.2) is 40.2 Å². The summed E-state index contributed by atoms with van der Waals surface area (Å²) in [5, 5.41) is 12.8. The van der Waals surface area contributed by atoms with E-state index in [1.165, 1.54) is 12.1 Å². The molecule has 1 saturated heterocycles. The Bertz CT molecular complexity index is 877. The first-order valence-corrected chi connectivity index (χ1v) is 9.34. The van der Waals surface area contributed by atoms with Crippen LogP contribution in [0.4, 0.5) is 9.52 Å². The maximum atomic E-state index is 13.0. The molecule has 1 fully saturated rings. The van der Waals surface area contributed by atoms with Crippen molar-refractivity contribution in [1.29, 1.82) is 0 Å². The Hall–Kier alpha value is -2.74. The molecule has 0 radical (unpaired) electrons. The fourth-order valence-corrected chi connectivity index (χ4v) is 3.91. The van der Waals surface area contributed by atoms with Gasteiger partial charge in [0.25, 0.3) is 5.91 Å². The van der Waals surface area contributed by atoms with Gasteiger partial charge in [0, 0.05) is 36.3 Å². The summed E-state index contributed by atoms with van der Waals surface area (Å²) in [6.45, 7) is 1.52. The van der Waals surface area contributed by atoms with Gasteiger partial charge in [-0.25, -0.2) is 9.37 Å².